The van der Waals surface area contributed by atoms with Crippen LogP contribution in [0.4, 0.5) is 0 Å². The van der Waals surface area contributed by atoms with Gasteiger partial charge in [-0.1, -0.05) is 46.4 Å². The predicted molar refractivity (Wildman–Crippen MR) is 49.2 cm³/mol. The molecule has 0 N–H and O–H groups in total. The van der Waals surface area contributed by atoms with Crippen molar-refractivity contribution in [2.45, 2.75) is 0 Å². The van der Waals surface area contributed by atoms with Crippen LogP contribution in [-0.4, -0.2) is 5.88 Å². The number of hydrogen-bond acceptors (Lipinski definition) is 0. The van der Waals surface area contributed by atoms with Gasteiger partial charge in [-0.15, -0.1) is 11.6 Å². The molecule has 0 aliphatic carbocycles. The molecule has 0 bridgehead atoms. The molecule has 0 amide bonds. The fourth-order valence-electron chi connectivity index (χ4n) is 0.236. The standard InChI is InChI=1S/C5H3Cl5/c6-1-3(8)5(10)4(9)2-7/h1H,2H2. The molecule has 0 saturated heterocycles. The van der Waals surface area contributed by atoms with Crippen molar-refractivity contribution in [3.05, 3.63) is 20.6 Å². The summed E-state index contributed by atoms with van der Waals surface area (Å²) in [5, 5.41) is 0.660. The maximum Gasteiger partial charge on any atom is 0.0758 e. The van der Waals surface area contributed by atoms with Gasteiger partial charge in [0.25, 0.3) is 0 Å². The fourth-order valence-corrected chi connectivity index (χ4v) is 0.989. The van der Waals surface area contributed by atoms with Gasteiger partial charge in [-0.25, -0.2) is 0 Å². The van der Waals surface area contributed by atoms with E-state index in [1.165, 1.54) is 0 Å². The van der Waals surface area contributed by atoms with Gasteiger partial charge in [0, 0.05) is 5.54 Å². The average Bonchev–Trinajstić information content (AvgIpc) is 2.00. The quantitative estimate of drug-likeness (QED) is 0.500. The molecule has 0 radical (unpaired) electrons. The van der Waals surface area contributed by atoms with Gasteiger partial charge in [0.05, 0.1) is 21.0 Å². The molecular formula is C5H3Cl5. The van der Waals surface area contributed by atoms with Crippen LogP contribution < -0.4 is 0 Å². The van der Waals surface area contributed by atoms with E-state index in [1.807, 2.05) is 0 Å². The first-order valence-corrected chi connectivity index (χ1v) is 4.30. The number of allylic oxidation sites excluding steroid dienone is 3. The van der Waals surface area contributed by atoms with E-state index in [-0.39, 0.29) is 21.0 Å². The summed E-state index contributed by atoms with van der Waals surface area (Å²) in [6.07, 6.45) is 0. The first kappa shape index (κ1) is 10.9. The molecule has 0 aliphatic heterocycles. The van der Waals surface area contributed by atoms with Crippen LogP contribution in [0.2, 0.25) is 0 Å². The van der Waals surface area contributed by atoms with Crippen LogP contribution in [-0.2, 0) is 0 Å². The summed E-state index contributed by atoms with van der Waals surface area (Å²) in [6.45, 7) is 0. The van der Waals surface area contributed by atoms with Crippen LogP contribution >= 0.6 is 58.0 Å². The van der Waals surface area contributed by atoms with Crippen LogP contribution in [0.25, 0.3) is 0 Å². The SMILES string of the molecule is ClC=C(Cl)C(Cl)=C(Cl)CCl. The number of rotatable bonds is 2. The second-order valence-corrected chi connectivity index (χ2v) is 3.04. The molecule has 0 heterocycles. The zero-order chi connectivity index (χ0) is 8.15. The summed E-state index contributed by atoms with van der Waals surface area (Å²) in [5.74, 6) is 0.126. The van der Waals surface area contributed by atoms with Crippen molar-refractivity contribution in [1.82, 2.24) is 0 Å². The van der Waals surface area contributed by atoms with Crippen molar-refractivity contribution in [1.29, 1.82) is 0 Å². The van der Waals surface area contributed by atoms with Crippen LogP contribution in [0, 0.1) is 0 Å². The van der Waals surface area contributed by atoms with Gasteiger partial charge in [0.2, 0.25) is 0 Å². The Morgan fingerprint density at radius 3 is 2.00 bits per heavy atom. The molecule has 5 heteroatoms. The van der Waals surface area contributed by atoms with Gasteiger partial charge in [-0.05, 0) is 0 Å². The molecular weight excluding hydrogens is 237 g/mol. The van der Waals surface area contributed by atoms with Crippen molar-refractivity contribution in [2.75, 3.05) is 5.88 Å². The molecule has 0 aromatic carbocycles. The van der Waals surface area contributed by atoms with E-state index in [0.29, 0.717) is 0 Å². The molecule has 0 aromatic rings. The zero-order valence-electron chi connectivity index (χ0n) is 4.67. The van der Waals surface area contributed by atoms with Crippen LogP contribution in [0.5, 0.6) is 0 Å². The lowest BCUT2D eigenvalue weighted by Crippen LogP contribution is -1.79. The maximum absolute atomic E-state index is 5.56. The van der Waals surface area contributed by atoms with Crippen LogP contribution in [0.3, 0.4) is 0 Å². The second-order valence-electron chi connectivity index (χ2n) is 1.31. The molecule has 10 heavy (non-hydrogen) atoms. The molecule has 0 aliphatic rings. The van der Waals surface area contributed by atoms with E-state index in [2.05, 4.69) is 0 Å². The Labute approximate surface area is 84.3 Å². The molecule has 0 nitrogen and oxygen atoms in total. The van der Waals surface area contributed by atoms with E-state index in [4.69, 9.17) is 58.0 Å². The molecule has 0 spiro atoms. The van der Waals surface area contributed by atoms with Gasteiger partial charge in [-0.3, -0.25) is 0 Å². The Morgan fingerprint density at radius 2 is 1.70 bits per heavy atom. The Bertz CT molecular complexity index is 169. The van der Waals surface area contributed by atoms with Gasteiger partial charge in [-0.2, -0.15) is 0 Å². The highest BCUT2D eigenvalue weighted by molar-refractivity contribution is 6.50. The highest BCUT2D eigenvalue weighted by Gasteiger charge is 2.03. The van der Waals surface area contributed by atoms with E-state index in [0.717, 1.165) is 5.54 Å². The highest BCUT2D eigenvalue weighted by Crippen LogP contribution is 2.26. The van der Waals surface area contributed by atoms with Crippen molar-refractivity contribution in [3.8, 4) is 0 Å². The van der Waals surface area contributed by atoms with Crippen molar-refractivity contribution >= 4 is 58.0 Å². The zero-order valence-corrected chi connectivity index (χ0v) is 8.45. The minimum Gasteiger partial charge on any atom is -0.121 e. The molecule has 0 fully saturated rings. The predicted octanol–water partition coefficient (Wildman–Crippen LogP) is 4.23. The fraction of sp³-hybridized carbons (Fsp3) is 0.200. The highest BCUT2D eigenvalue weighted by atomic mass is 35.5. The third-order valence-corrected chi connectivity index (χ3v) is 2.64. The van der Waals surface area contributed by atoms with Gasteiger partial charge in [0.15, 0.2) is 0 Å². The molecule has 58 valence electrons. The summed E-state index contributed by atoms with van der Waals surface area (Å²) < 4.78 is 0. The Balaban J connectivity index is 4.46. The Kier molecular flexibility index (Phi) is 6.08. The van der Waals surface area contributed by atoms with Crippen LogP contribution in [0.15, 0.2) is 20.6 Å². The van der Waals surface area contributed by atoms with Gasteiger partial charge < -0.3 is 0 Å². The summed E-state index contributed by atoms with van der Waals surface area (Å²) in [6, 6.07) is 0. The summed E-state index contributed by atoms with van der Waals surface area (Å²) in [7, 11) is 0. The minimum absolute atomic E-state index is 0.126. The summed E-state index contributed by atoms with van der Waals surface area (Å²) in [5.41, 5.74) is 1.12. The van der Waals surface area contributed by atoms with Gasteiger partial charge in [0.1, 0.15) is 0 Å². The average molecular weight is 240 g/mol. The van der Waals surface area contributed by atoms with Crippen molar-refractivity contribution in [3.63, 3.8) is 0 Å². The van der Waals surface area contributed by atoms with Crippen LogP contribution in [0.1, 0.15) is 0 Å². The maximum atomic E-state index is 5.56. The topological polar surface area (TPSA) is 0 Å². The molecule has 0 atom stereocenters. The van der Waals surface area contributed by atoms with E-state index < -0.39 is 0 Å². The van der Waals surface area contributed by atoms with Crippen molar-refractivity contribution in [2.24, 2.45) is 0 Å². The normalized spacial score (nSPS) is 15.1. The monoisotopic (exact) mass is 238 g/mol. The third kappa shape index (κ3) is 3.36. The third-order valence-electron chi connectivity index (χ3n) is 0.661. The smallest absolute Gasteiger partial charge is 0.0758 e. The minimum atomic E-state index is 0.126. The number of alkyl halides is 1. The molecule has 0 unspecified atom stereocenters. The van der Waals surface area contributed by atoms with Crippen molar-refractivity contribution < 1.29 is 0 Å². The molecule has 0 aromatic heterocycles. The Morgan fingerprint density at radius 1 is 1.20 bits per heavy atom. The lowest BCUT2D eigenvalue weighted by molar-refractivity contribution is 1.62. The second kappa shape index (κ2) is 5.56. The summed E-state index contributed by atoms with van der Waals surface area (Å²) >= 11 is 27.1. The van der Waals surface area contributed by atoms with Gasteiger partial charge >= 0.3 is 0 Å². The number of halogens is 5. The molecule has 0 rings (SSSR count). The largest absolute Gasteiger partial charge is 0.121 e. The van der Waals surface area contributed by atoms with E-state index in [9.17, 15) is 0 Å². The Hall–Kier alpha value is 0.930. The lowest BCUT2D eigenvalue weighted by atomic mass is 10.5. The first-order chi connectivity index (χ1) is 4.63. The van der Waals surface area contributed by atoms with E-state index >= 15 is 0 Å². The lowest BCUT2D eigenvalue weighted by Gasteiger charge is -1.96. The number of hydrogen-bond donors (Lipinski definition) is 0. The summed E-state index contributed by atoms with van der Waals surface area (Å²) in [4.78, 5) is 0. The first-order valence-electron chi connectivity index (χ1n) is 2.19. The van der Waals surface area contributed by atoms with E-state index in [1.54, 1.807) is 0 Å². The molecule has 0 saturated carbocycles.